The van der Waals surface area contributed by atoms with Crippen LogP contribution in [0.25, 0.3) is 10.8 Å². The smallest absolute Gasteiger partial charge is 0.267 e. The molecule has 4 heteroatoms. The van der Waals surface area contributed by atoms with Gasteiger partial charge in [-0.05, 0) is 29.3 Å². The van der Waals surface area contributed by atoms with Crippen LogP contribution in [0.2, 0.25) is 0 Å². The number of rotatable bonds is 4. The summed E-state index contributed by atoms with van der Waals surface area (Å²) < 4.78 is 0. The first kappa shape index (κ1) is 14.1. The van der Waals surface area contributed by atoms with Gasteiger partial charge in [-0.25, -0.2) is 0 Å². The Balaban J connectivity index is 1.76. The summed E-state index contributed by atoms with van der Waals surface area (Å²) in [6.07, 6.45) is 1.55. The van der Waals surface area contributed by atoms with Gasteiger partial charge in [-0.2, -0.15) is 0 Å². The Labute approximate surface area is 128 Å². The molecule has 4 nitrogen and oxygen atoms in total. The van der Waals surface area contributed by atoms with E-state index in [2.05, 4.69) is 10.3 Å². The highest BCUT2D eigenvalue weighted by Crippen LogP contribution is 2.18. The zero-order valence-corrected chi connectivity index (χ0v) is 12.2. The van der Waals surface area contributed by atoms with Crippen LogP contribution in [0.15, 0.2) is 54.7 Å². The van der Waals surface area contributed by atoms with Crippen LogP contribution < -0.4 is 5.32 Å². The molecule has 0 aliphatic carbocycles. The normalized spacial score (nSPS) is 10.6. The average Bonchev–Trinajstić information content (AvgIpc) is 3.03. The molecule has 0 spiro atoms. The number of hydrogen-bond donors (Lipinski definition) is 2. The maximum Gasteiger partial charge on any atom is 0.267 e. The Morgan fingerprint density at radius 2 is 1.86 bits per heavy atom. The molecule has 0 aliphatic heterocycles. The number of H-pyrrole nitrogens is 1. The van der Waals surface area contributed by atoms with Gasteiger partial charge in [-0.3, -0.25) is 9.59 Å². The van der Waals surface area contributed by atoms with Gasteiger partial charge in [-0.15, -0.1) is 0 Å². The Morgan fingerprint density at radius 3 is 2.64 bits per heavy atom. The Bertz CT molecular complexity index is 844. The number of benzene rings is 2. The van der Waals surface area contributed by atoms with E-state index in [1.807, 2.05) is 42.5 Å². The van der Waals surface area contributed by atoms with Crippen molar-refractivity contribution in [2.75, 3.05) is 0 Å². The lowest BCUT2D eigenvalue weighted by molar-refractivity contribution is 0.0946. The van der Waals surface area contributed by atoms with Crippen LogP contribution in [0.4, 0.5) is 0 Å². The molecule has 0 bridgehead atoms. The second kappa shape index (κ2) is 5.85. The molecule has 110 valence electrons. The number of ketones is 1. The molecular weight excluding hydrogens is 276 g/mol. The fourth-order valence-electron chi connectivity index (χ4n) is 2.45. The molecule has 0 saturated heterocycles. The summed E-state index contributed by atoms with van der Waals surface area (Å²) in [5.41, 5.74) is 1.96. The van der Waals surface area contributed by atoms with Gasteiger partial charge in [0.2, 0.25) is 0 Å². The molecule has 3 aromatic rings. The molecule has 1 heterocycles. The molecule has 2 aromatic carbocycles. The third-order valence-corrected chi connectivity index (χ3v) is 3.65. The van der Waals surface area contributed by atoms with E-state index in [9.17, 15) is 9.59 Å². The quantitative estimate of drug-likeness (QED) is 0.725. The van der Waals surface area contributed by atoms with E-state index in [0.29, 0.717) is 17.8 Å². The van der Waals surface area contributed by atoms with Crippen LogP contribution in [-0.4, -0.2) is 16.7 Å². The Morgan fingerprint density at radius 1 is 1.09 bits per heavy atom. The molecule has 0 aliphatic rings. The second-order valence-corrected chi connectivity index (χ2v) is 5.18. The molecule has 0 unspecified atom stereocenters. The fraction of sp³-hybridized carbons (Fsp3) is 0.111. The molecule has 0 fully saturated rings. The van der Waals surface area contributed by atoms with Gasteiger partial charge in [0, 0.05) is 18.3 Å². The van der Waals surface area contributed by atoms with Crippen LogP contribution in [0, 0.1) is 0 Å². The van der Waals surface area contributed by atoms with Crippen molar-refractivity contribution in [1.29, 1.82) is 0 Å². The Hall–Kier alpha value is -2.88. The number of nitrogens with one attached hydrogen (secondary N) is 2. The van der Waals surface area contributed by atoms with Gasteiger partial charge in [0.25, 0.3) is 5.91 Å². The number of Topliss-reactive ketones (excluding diaryl/α,β-unsaturated/α-hetero) is 1. The highest BCUT2D eigenvalue weighted by Gasteiger charge is 2.10. The predicted molar refractivity (Wildman–Crippen MR) is 85.9 cm³/mol. The van der Waals surface area contributed by atoms with Crippen molar-refractivity contribution in [1.82, 2.24) is 10.3 Å². The standard InChI is InChI=1S/C18H16N2O2/c1-12(21)15-9-17(19-11-15)18(22)20-10-14-7-4-6-13-5-2-3-8-16(13)14/h2-9,11,19H,10H2,1H3,(H,20,22). The number of carbonyl (C=O) groups is 2. The van der Waals surface area contributed by atoms with Crippen molar-refractivity contribution in [3.63, 3.8) is 0 Å². The molecule has 1 amide bonds. The van der Waals surface area contributed by atoms with E-state index >= 15 is 0 Å². The molecule has 0 atom stereocenters. The zero-order valence-electron chi connectivity index (χ0n) is 12.2. The van der Waals surface area contributed by atoms with Crippen LogP contribution in [0.5, 0.6) is 0 Å². The summed E-state index contributed by atoms with van der Waals surface area (Å²) in [4.78, 5) is 26.2. The maximum atomic E-state index is 12.1. The monoisotopic (exact) mass is 292 g/mol. The van der Waals surface area contributed by atoms with Crippen LogP contribution in [-0.2, 0) is 6.54 Å². The van der Waals surface area contributed by atoms with Gasteiger partial charge >= 0.3 is 0 Å². The minimum atomic E-state index is -0.222. The lowest BCUT2D eigenvalue weighted by atomic mass is 10.0. The van der Waals surface area contributed by atoms with Gasteiger partial charge in [0.15, 0.2) is 5.78 Å². The van der Waals surface area contributed by atoms with Gasteiger partial charge in [0.05, 0.1) is 0 Å². The van der Waals surface area contributed by atoms with Gasteiger partial charge in [0.1, 0.15) is 5.69 Å². The summed E-state index contributed by atoms with van der Waals surface area (Å²) in [6, 6.07) is 15.7. The molecule has 0 saturated carbocycles. The van der Waals surface area contributed by atoms with Gasteiger partial charge in [-0.1, -0.05) is 42.5 Å². The number of aromatic nitrogens is 1. The molecule has 22 heavy (non-hydrogen) atoms. The predicted octanol–water partition coefficient (Wildman–Crippen LogP) is 3.30. The summed E-state index contributed by atoms with van der Waals surface area (Å²) >= 11 is 0. The van der Waals surface area contributed by atoms with Gasteiger partial charge < -0.3 is 10.3 Å². The second-order valence-electron chi connectivity index (χ2n) is 5.18. The third-order valence-electron chi connectivity index (χ3n) is 3.65. The fourth-order valence-corrected chi connectivity index (χ4v) is 2.45. The van der Waals surface area contributed by atoms with Crippen molar-refractivity contribution in [3.8, 4) is 0 Å². The van der Waals surface area contributed by atoms with Crippen LogP contribution in [0.3, 0.4) is 0 Å². The number of aromatic amines is 1. The third kappa shape index (κ3) is 2.76. The SMILES string of the molecule is CC(=O)c1c[nH]c(C(=O)NCc2cccc3ccccc23)c1. The lowest BCUT2D eigenvalue weighted by Crippen LogP contribution is -2.23. The highest BCUT2D eigenvalue weighted by molar-refractivity contribution is 5.99. The number of amides is 1. The minimum Gasteiger partial charge on any atom is -0.356 e. The first-order chi connectivity index (χ1) is 10.6. The maximum absolute atomic E-state index is 12.1. The summed E-state index contributed by atoms with van der Waals surface area (Å²) in [5.74, 6) is -0.287. The van der Waals surface area contributed by atoms with E-state index in [-0.39, 0.29) is 11.7 Å². The van der Waals surface area contributed by atoms with Crippen molar-refractivity contribution >= 4 is 22.5 Å². The first-order valence-corrected chi connectivity index (χ1v) is 7.09. The molecule has 3 rings (SSSR count). The molecule has 1 aromatic heterocycles. The van der Waals surface area contributed by atoms with E-state index in [1.54, 1.807) is 12.3 Å². The topological polar surface area (TPSA) is 62.0 Å². The van der Waals surface area contributed by atoms with Crippen LogP contribution >= 0.6 is 0 Å². The number of fused-ring (bicyclic) bond motifs is 1. The largest absolute Gasteiger partial charge is 0.356 e. The highest BCUT2D eigenvalue weighted by atomic mass is 16.2. The number of carbonyl (C=O) groups excluding carboxylic acids is 2. The van der Waals surface area contributed by atoms with E-state index in [4.69, 9.17) is 0 Å². The average molecular weight is 292 g/mol. The van der Waals surface area contributed by atoms with Crippen molar-refractivity contribution < 1.29 is 9.59 Å². The number of hydrogen-bond acceptors (Lipinski definition) is 2. The summed E-state index contributed by atoms with van der Waals surface area (Å²) in [5, 5.41) is 5.15. The lowest BCUT2D eigenvalue weighted by Gasteiger charge is -2.07. The first-order valence-electron chi connectivity index (χ1n) is 7.09. The molecule has 0 radical (unpaired) electrons. The molecule has 2 N–H and O–H groups in total. The summed E-state index contributed by atoms with van der Waals surface area (Å²) in [7, 11) is 0. The summed E-state index contributed by atoms with van der Waals surface area (Å²) in [6.45, 7) is 1.91. The van der Waals surface area contributed by atoms with Crippen LogP contribution in [0.1, 0.15) is 33.3 Å². The minimum absolute atomic E-state index is 0.0654. The Kier molecular flexibility index (Phi) is 3.74. The van der Waals surface area contributed by atoms with Crippen molar-refractivity contribution in [3.05, 3.63) is 71.5 Å². The zero-order chi connectivity index (χ0) is 15.5. The van der Waals surface area contributed by atoms with Crippen molar-refractivity contribution in [2.45, 2.75) is 13.5 Å². The van der Waals surface area contributed by atoms with E-state index in [0.717, 1.165) is 16.3 Å². The molecular formula is C18H16N2O2. The van der Waals surface area contributed by atoms with E-state index < -0.39 is 0 Å². The van der Waals surface area contributed by atoms with Crippen molar-refractivity contribution in [2.24, 2.45) is 0 Å². The van der Waals surface area contributed by atoms with E-state index in [1.165, 1.54) is 6.92 Å².